The van der Waals surface area contributed by atoms with E-state index in [1.807, 2.05) is 18.7 Å². The van der Waals surface area contributed by atoms with E-state index in [0.717, 1.165) is 43.9 Å². The molecule has 0 radical (unpaired) electrons. The molecule has 1 aromatic carbocycles. The molecule has 168 valence electrons. The second kappa shape index (κ2) is 10.7. The van der Waals surface area contributed by atoms with Crippen molar-refractivity contribution in [3.63, 3.8) is 0 Å². The Labute approximate surface area is 182 Å². The largest absolute Gasteiger partial charge is 0.443 e. The third kappa shape index (κ3) is 6.24. The highest BCUT2D eigenvalue weighted by Crippen LogP contribution is 2.29. The minimum Gasteiger partial charge on any atom is -0.443 e. The van der Waals surface area contributed by atoms with Gasteiger partial charge in [-0.15, -0.1) is 0 Å². The van der Waals surface area contributed by atoms with Crippen LogP contribution < -0.4 is 14.5 Å². The molecule has 1 atom stereocenters. The van der Waals surface area contributed by atoms with Crippen molar-refractivity contribution < 1.29 is 22.3 Å². The highest BCUT2D eigenvalue weighted by Gasteiger charge is 2.33. The Balaban J connectivity index is 1.61. The fourth-order valence-electron chi connectivity index (χ4n) is 3.55. The number of thioether (sulfide) groups is 1. The van der Waals surface area contributed by atoms with Gasteiger partial charge >= 0.3 is 6.09 Å². The Hall–Kier alpha value is -1.52. The zero-order valence-electron chi connectivity index (χ0n) is 17.3. The number of benzene rings is 1. The number of rotatable bonds is 8. The maximum absolute atomic E-state index is 14.9. The molecule has 7 nitrogen and oxygen atoms in total. The number of unbranched alkanes of at least 4 members (excludes halogenated alkanes) is 1. The molecule has 2 fully saturated rings. The first kappa shape index (κ1) is 23.1. The summed E-state index contributed by atoms with van der Waals surface area (Å²) in [5.74, 6) is 1.85. The summed E-state index contributed by atoms with van der Waals surface area (Å²) in [5, 5.41) is 0. The summed E-state index contributed by atoms with van der Waals surface area (Å²) < 4.78 is 46.5. The number of cyclic esters (lactones) is 1. The zero-order valence-corrected chi connectivity index (χ0v) is 18.9. The topological polar surface area (TPSA) is 79.0 Å². The van der Waals surface area contributed by atoms with Crippen molar-refractivity contribution in [3.05, 3.63) is 24.0 Å². The third-order valence-corrected chi connectivity index (χ3v) is 7.78. The van der Waals surface area contributed by atoms with Gasteiger partial charge in [-0.3, -0.25) is 4.90 Å². The van der Waals surface area contributed by atoms with Gasteiger partial charge in [-0.2, -0.15) is 11.8 Å². The molecule has 0 bridgehead atoms. The molecule has 2 saturated heterocycles. The average molecular weight is 460 g/mol. The highest BCUT2D eigenvalue weighted by molar-refractivity contribution is 7.99. The van der Waals surface area contributed by atoms with Gasteiger partial charge in [0.1, 0.15) is 11.9 Å². The van der Waals surface area contributed by atoms with Crippen LogP contribution in [-0.4, -0.2) is 64.1 Å². The Morgan fingerprint density at radius 3 is 2.67 bits per heavy atom. The number of sulfonamides is 1. The smallest absolute Gasteiger partial charge is 0.414 e. The molecule has 0 aromatic heterocycles. The molecule has 30 heavy (non-hydrogen) atoms. The van der Waals surface area contributed by atoms with E-state index in [0.29, 0.717) is 17.8 Å². The maximum Gasteiger partial charge on any atom is 0.414 e. The van der Waals surface area contributed by atoms with E-state index < -0.39 is 22.2 Å². The molecular weight excluding hydrogens is 429 g/mol. The molecule has 3 rings (SSSR count). The lowest BCUT2D eigenvalue weighted by Gasteiger charge is -2.27. The van der Waals surface area contributed by atoms with E-state index in [1.54, 1.807) is 12.1 Å². The van der Waals surface area contributed by atoms with Gasteiger partial charge < -0.3 is 9.64 Å². The Morgan fingerprint density at radius 2 is 2.00 bits per heavy atom. The number of hydrogen-bond donors (Lipinski definition) is 1. The molecular formula is C20H30FN3O4S2. The number of nitrogens with zero attached hydrogens (tertiary/aromatic N) is 2. The van der Waals surface area contributed by atoms with Crippen LogP contribution in [0.4, 0.5) is 20.6 Å². The van der Waals surface area contributed by atoms with Gasteiger partial charge in [-0.25, -0.2) is 22.3 Å². The molecule has 2 aliphatic rings. The van der Waals surface area contributed by atoms with Crippen LogP contribution in [0.15, 0.2) is 18.2 Å². The average Bonchev–Trinajstić information content (AvgIpc) is 3.06. The van der Waals surface area contributed by atoms with Crippen LogP contribution in [0.25, 0.3) is 0 Å². The summed E-state index contributed by atoms with van der Waals surface area (Å²) >= 11 is 1.94. The molecule has 0 aliphatic carbocycles. The van der Waals surface area contributed by atoms with Crippen LogP contribution in [0, 0.1) is 5.82 Å². The second-order valence-corrected chi connectivity index (χ2v) is 10.7. The van der Waals surface area contributed by atoms with Gasteiger partial charge in [-0.1, -0.05) is 13.3 Å². The predicted octanol–water partition coefficient (Wildman–Crippen LogP) is 3.20. The minimum absolute atomic E-state index is 0.0145. The van der Waals surface area contributed by atoms with Crippen LogP contribution in [0.3, 0.4) is 0 Å². The summed E-state index contributed by atoms with van der Waals surface area (Å²) in [4.78, 5) is 15.7. The van der Waals surface area contributed by atoms with Crippen molar-refractivity contribution in [2.24, 2.45) is 0 Å². The standard InChI is InChI=1S/C20H30FN3O4S2/c1-2-3-12-30(26,27)22-14-17-15-24(20(25)28-17)16-6-7-19(18(21)13-16)23-8-4-10-29-11-5-9-23/h6-7,13,17,22H,2-5,8-12,14-15H2,1H3/t17-/m0/s1. The van der Waals surface area contributed by atoms with Crippen molar-refractivity contribution in [2.45, 2.75) is 38.7 Å². The quantitative estimate of drug-likeness (QED) is 0.643. The first-order valence-electron chi connectivity index (χ1n) is 10.5. The van der Waals surface area contributed by atoms with Crippen LogP contribution in [0.2, 0.25) is 0 Å². The van der Waals surface area contributed by atoms with Crippen LogP contribution >= 0.6 is 11.8 Å². The number of carbonyl (C=O) groups excluding carboxylic acids is 1. The summed E-state index contributed by atoms with van der Waals surface area (Å²) in [5.41, 5.74) is 0.971. The molecule has 0 unspecified atom stereocenters. The number of nitrogens with one attached hydrogen (secondary N) is 1. The van der Waals surface area contributed by atoms with E-state index in [9.17, 15) is 17.6 Å². The molecule has 10 heteroatoms. The molecule has 2 heterocycles. The number of hydrogen-bond acceptors (Lipinski definition) is 6. The van der Waals surface area contributed by atoms with Crippen molar-refractivity contribution in [3.8, 4) is 0 Å². The van der Waals surface area contributed by atoms with Crippen molar-refractivity contribution in [2.75, 3.05) is 53.2 Å². The number of amides is 1. The summed E-state index contributed by atoms with van der Waals surface area (Å²) in [6.07, 6.45) is 2.19. The van der Waals surface area contributed by atoms with E-state index in [2.05, 4.69) is 9.62 Å². The minimum atomic E-state index is -3.39. The zero-order chi connectivity index (χ0) is 21.6. The van der Waals surface area contributed by atoms with Gasteiger partial charge in [0.2, 0.25) is 10.0 Å². The number of halogens is 1. The molecule has 0 saturated carbocycles. The Morgan fingerprint density at radius 1 is 1.27 bits per heavy atom. The predicted molar refractivity (Wildman–Crippen MR) is 119 cm³/mol. The van der Waals surface area contributed by atoms with Gasteiger partial charge in [0.15, 0.2) is 0 Å². The molecule has 0 spiro atoms. The second-order valence-electron chi connectivity index (χ2n) is 7.58. The fourth-order valence-corrected chi connectivity index (χ4v) is 5.68. The molecule has 2 aliphatic heterocycles. The van der Waals surface area contributed by atoms with Crippen molar-refractivity contribution in [1.82, 2.24) is 4.72 Å². The van der Waals surface area contributed by atoms with Gasteiger partial charge in [0.05, 0.1) is 23.7 Å². The fraction of sp³-hybridized carbons (Fsp3) is 0.650. The summed E-state index contributed by atoms with van der Waals surface area (Å²) in [6.45, 7) is 3.74. The van der Waals surface area contributed by atoms with Crippen molar-refractivity contribution >= 4 is 39.3 Å². The van der Waals surface area contributed by atoms with E-state index >= 15 is 0 Å². The van der Waals surface area contributed by atoms with E-state index in [4.69, 9.17) is 4.74 Å². The van der Waals surface area contributed by atoms with E-state index in [-0.39, 0.29) is 24.7 Å². The lowest BCUT2D eigenvalue weighted by Crippen LogP contribution is -2.35. The van der Waals surface area contributed by atoms with Gasteiger partial charge in [0, 0.05) is 19.6 Å². The first-order chi connectivity index (χ1) is 14.4. The Bertz CT molecular complexity index is 829. The summed E-state index contributed by atoms with van der Waals surface area (Å²) in [6, 6.07) is 4.80. The van der Waals surface area contributed by atoms with Crippen LogP contribution in [0.1, 0.15) is 32.6 Å². The Kier molecular flexibility index (Phi) is 8.24. The monoisotopic (exact) mass is 459 g/mol. The maximum atomic E-state index is 14.9. The van der Waals surface area contributed by atoms with E-state index in [1.165, 1.54) is 11.0 Å². The number of ether oxygens (including phenoxy) is 1. The normalized spacial score (nSPS) is 20.7. The lowest BCUT2D eigenvalue weighted by atomic mass is 10.2. The SMILES string of the molecule is CCCCS(=O)(=O)NC[C@H]1CN(c2ccc(N3CCCSCCC3)c(F)c2)C(=O)O1. The highest BCUT2D eigenvalue weighted by atomic mass is 32.2. The number of carbonyl (C=O) groups is 1. The molecule has 1 N–H and O–H groups in total. The third-order valence-electron chi connectivity index (χ3n) is 5.19. The summed E-state index contributed by atoms with van der Waals surface area (Å²) in [7, 11) is -3.39. The molecule has 1 amide bonds. The van der Waals surface area contributed by atoms with Gasteiger partial charge in [-0.05, 0) is 49.0 Å². The van der Waals surface area contributed by atoms with Crippen molar-refractivity contribution in [1.29, 1.82) is 0 Å². The van der Waals surface area contributed by atoms with Crippen LogP contribution in [0.5, 0.6) is 0 Å². The first-order valence-corrected chi connectivity index (χ1v) is 13.3. The number of anilines is 2. The van der Waals surface area contributed by atoms with Crippen LogP contribution in [-0.2, 0) is 14.8 Å². The lowest BCUT2D eigenvalue weighted by molar-refractivity contribution is 0.143. The van der Waals surface area contributed by atoms with Gasteiger partial charge in [0.25, 0.3) is 0 Å². The molecule has 1 aromatic rings.